The number of piperidine rings is 1. The van der Waals surface area contributed by atoms with E-state index < -0.39 is 5.60 Å². The molecule has 3 aliphatic rings. The largest absolute Gasteiger partial charge is 0.481 e. The molecule has 0 unspecified atom stereocenters. The van der Waals surface area contributed by atoms with Crippen LogP contribution in [-0.4, -0.2) is 65.4 Å². The van der Waals surface area contributed by atoms with E-state index in [1.165, 1.54) is 6.08 Å². The summed E-state index contributed by atoms with van der Waals surface area (Å²) in [6, 6.07) is 5.43. The Kier molecular flexibility index (Phi) is 4.89. The Bertz CT molecular complexity index is 930. The van der Waals surface area contributed by atoms with Crippen LogP contribution in [0, 0.1) is 5.92 Å². The number of aromatic nitrogens is 1. The number of rotatable bonds is 3. The number of ether oxygens (including phenoxy) is 1. The molecular formula is C22H29N3O4. The van der Waals surface area contributed by atoms with Gasteiger partial charge in [0.25, 0.3) is 11.5 Å². The molecule has 0 aliphatic carbocycles. The number of hydrogen-bond acceptors (Lipinski definition) is 5. The molecule has 1 fully saturated rings. The Morgan fingerprint density at radius 1 is 1.24 bits per heavy atom. The Morgan fingerprint density at radius 3 is 2.69 bits per heavy atom. The van der Waals surface area contributed by atoms with Crippen molar-refractivity contribution in [2.75, 3.05) is 33.7 Å². The fourth-order valence-corrected chi connectivity index (χ4v) is 5.06. The van der Waals surface area contributed by atoms with E-state index in [1.54, 1.807) is 12.1 Å². The smallest absolute Gasteiger partial charge is 0.289 e. The van der Waals surface area contributed by atoms with Crippen LogP contribution in [0.3, 0.4) is 0 Å². The van der Waals surface area contributed by atoms with Crippen molar-refractivity contribution in [3.63, 3.8) is 0 Å². The predicted molar refractivity (Wildman–Crippen MR) is 109 cm³/mol. The first-order valence-corrected chi connectivity index (χ1v) is 10.2. The molecule has 0 radical (unpaired) electrons. The summed E-state index contributed by atoms with van der Waals surface area (Å²) in [7, 11) is 4.00. The predicted octanol–water partition coefficient (Wildman–Crippen LogP) is 1.55. The number of nitrogens with zero attached hydrogens (tertiary/aromatic N) is 3. The van der Waals surface area contributed by atoms with E-state index in [9.17, 15) is 14.4 Å². The fourth-order valence-electron chi connectivity index (χ4n) is 5.06. The molecule has 7 nitrogen and oxygen atoms in total. The minimum Gasteiger partial charge on any atom is -0.481 e. The summed E-state index contributed by atoms with van der Waals surface area (Å²) < 4.78 is 7.78. The van der Waals surface area contributed by atoms with Gasteiger partial charge in [-0.3, -0.25) is 14.4 Å². The number of pyridine rings is 1. The van der Waals surface area contributed by atoms with Crippen molar-refractivity contribution < 1.29 is 14.3 Å². The zero-order valence-corrected chi connectivity index (χ0v) is 17.6. The molecule has 156 valence electrons. The van der Waals surface area contributed by atoms with Crippen LogP contribution in [0.4, 0.5) is 0 Å². The molecule has 0 spiro atoms. The topological polar surface area (TPSA) is 71.9 Å². The zero-order chi connectivity index (χ0) is 20.9. The van der Waals surface area contributed by atoms with Crippen LogP contribution in [0.25, 0.3) is 0 Å². The van der Waals surface area contributed by atoms with Crippen LogP contribution in [0.1, 0.15) is 44.3 Å². The Balaban J connectivity index is 1.66. The van der Waals surface area contributed by atoms with Crippen LogP contribution in [-0.2, 0) is 14.3 Å². The van der Waals surface area contributed by atoms with E-state index >= 15 is 0 Å². The Morgan fingerprint density at radius 2 is 2.00 bits per heavy atom. The summed E-state index contributed by atoms with van der Waals surface area (Å²) in [5, 5.41) is 0. The number of fused-ring (bicyclic) bond motifs is 4. The highest BCUT2D eigenvalue weighted by Crippen LogP contribution is 2.41. The summed E-state index contributed by atoms with van der Waals surface area (Å²) in [6.45, 7) is 5.48. The first kappa shape index (κ1) is 19.9. The molecule has 2 bridgehead atoms. The molecule has 1 saturated heterocycles. The lowest BCUT2D eigenvalue weighted by Gasteiger charge is -2.47. The van der Waals surface area contributed by atoms with Gasteiger partial charge in [-0.1, -0.05) is 6.07 Å². The van der Waals surface area contributed by atoms with Crippen LogP contribution in [0.5, 0.6) is 0 Å². The van der Waals surface area contributed by atoms with Crippen LogP contribution in [0.2, 0.25) is 0 Å². The standard InChI is InChI=1S/C22H29N3O4/c1-22(2)10-16(26)9-19(29-22)21(28)24-11-14-8-15(12-24)18(13-23(3)4)25-17(14)6-5-7-20(25)27/h5-7,9,14-15,18H,8,10-13H2,1-4H3/t14-,15+,18+/m1/s1. The third kappa shape index (κ3) is 3.75. The van der Waals surface area contributed by atoms with Crippen molar-refractivity contribution in [1.82, 2.24) is 14.4 Å². The highest BCUT2D eigenvalue weighted by atomic mass is 16.5. The van der Waals surface area contributed by atoms with Gasteiger partial charge in [-0.25, -0.2) is 0 Å². The maximum atomic E-state index is 13.2. The Labute approximate surface area is 170 Å². The van der Waals surface area contributed by atoms with E-state index in [4.69, 9.17) is 4.74 Å². The lowest BCUT2D eigenvalue weighted by Crippen LogP contribution is -2.53. The third-order valence-electron chi connectivity index (χ3n) is 6.13. The molecule has 0 N–H and O–H groups in total. The van der Waals surface area contributed by atoms with Gasteiger partial charge in [-0.2, -0.15) is 0 Å². The highest BCUT2D eigenvalue weighted by Gasteiger charge is 2.43. The van der Waals surface area contributed by atoms with Crippen LogP contribution in [0.15, 0.2) is 34.8 Å². The molecular weight excluding hydrogens is 370 g/mol. The maximum Gasteiger partial charge on any atom is 0.289 e. The molecule has 1 amide bonds. The van der Waals surface area contributed by atoms with Gasteiger partial charge in [0.15, 0.2) is 11.5 Å². The Hall–Kier alpha value is -2.41. The second-order valence-electron chi connectivity index (χ2n) is 9.40. The van der Waals surface area contributed by atoms with Gasteiger partial charge in [0.2, 0.25) is 0 Å². The number of hydrogen-bond donors (Lipinski definition) is 0. The highest BCUT2D eigenvalue weighted by molar-refractivity contribution is 6.01. The van der Waals surface area contributed by atoms with Gasteiger partial charge in [-0.15, -0.1) is 0 Å². The summed E-state index contributed by atoms with van der Waals surface area (Å²) in [5.74, 6) is 0.125. The first-order valence-electron chi connectivity index (χ1n) is 10.2. The number of amides is 1. The van der Waals surface area contributed by atoms with E-state index in [1.807, 2.05) is 43.5 Å². The molecule has 1 aromatic rings. The quantitative estimate of drug-likeness (QED) is 0.771. The van der Waals surface area contributed by atoms with Gasteiger partial charge in [0.1, 0.15) is 5.60 Å². The van der Waals surface area contributed by atoms with Crippen molar-refractivity contribution in [1.29, 1.82) is 0 Å². The summed E-state index contributed by atoms with van der Waals surface area (Å²) in [4.78, 5) is 41.9. The van der Waals surface area contributed by atoms with Crippen molar-refractivity contribution in [3.05, 3.63) is 46.1 Å². The molecule has 7 heteroatoms. The fraction of sp³-hybridized carbons (Fsp3) is 0.591. The molecule has 0 saturated carbocycles. The van der Waals surface area contributed by atoms with Crippen molar-refractivity contribution in [2.24, 2.45) is 5.92 Å². The number of carbonyl (C=O) groups excluding carboxylic acids is 2. The molecule has 3 atom stereocenters. The summed E-state index contributed by atoms with van der Waals surface area (Å²) >= 11 is 0. The molecule has 29 heavy (non-hydrogen) atoms. The number of likely N-dealkylation sites (tertiary alicyclic amines) is 1. The van der Waals surface area contributed by atoms with Gasteiger partial charge < -0.3 is 19.1 Å². The third-order valence-corrected chi connectivity index (χ3v) is 6.13. The minimum atomic E-state index is -0.671. The van der Waals surface area contributed by atoms with Crippen LogP contribution < -0.4 is 5.56 Å². The summed E-state index contributed by atoms with van der Waals surface area (Å²) in [6.07, 6.45) is 2.57. The molecule has 4 heterocycles. The lowest BCUT2D eigenvalue weighted by molar-refractivity contribution is -0.140. The second kappa shape index (κ2) is 7.13. The average molecular weight is 399 g/mol. The molecule has 3 aliphatic heterocycles. The molecule has 1 aromatic heterocycles. The van der Waals surface area contributed by atoms with E-state index in [-0.39, 0.29) is 47.3 Å². The summed E-state index contributed by atoms with van der Waals surface area (Å²) in [5.41, 5.74) is 0.345. The van der Waals surface area contributed by atoms with Gasteiger partial charge in [-0.05, 0) is 46.3 Å². The van der Waals surface area contributed by atoms with E-state index in [0.29, 0.717) is 13.1 Å². The number of ketones is 1. The number of carbonyl (C=O) groups is 2. The zero-order valence-electron chi connectivity index (χ0n) is 17.6. The number of allylic oxidation sites excluding steroid dienone is 1. The average Bonchev–Trinajstić information content (AvgIpc) is 2.62. The minimum absolute atomic E-state index is 0.0138. The molecule has 4 rings (SSSR count). The van der Waals surface area contributed by atoms with Crippen molar-refractivity contribution in [2.45, 2.75) is 44.2 Å². The lowest BCUT2D eigenvalue weighted by atomic mass is 9.78. The first-order chi connectivity index (χ1) is 13.6. The van der Waals surface area contributed by atoms with E-state index in [0.717, 1.165) is 18.7 Å². The maximum absolute atomic E-state index is 13.2. The SMILES string of the molecule is CN(C)C[C@H]1[C@H]2C[C@H](CN(C(=O)C3=CC(=O)CC(C)(C)O3)C2)c2cccc(=O)n21. The number of likely N-dealkylation sites (N-methyl/N-ethyl adjacent to an activating group) is 1. The monoisotopic (exact) mass is 399 g/mol. The van der Waals surface area contributed by atoms with E-state index in [2.05, 4.69) is 4.90 Å². The van der Waals surface area contributed by atoms with Crippen molar-refractivity contribution in [3.8, 4) is 0 Å². The second-order valence-corrected chi connectivity index (χ2v) is 9.40. The van der Waals surface area contributed by atoms with Crippen LogP contribution >= 0.6 is 0 Å². The molecule has 0 aromatic carbocycles. The normalized spacial score (nSPS) is 27.9. The van der Waals surface area contributed by atoms with Crippen molar-refractivity contribution >= 4 is 11.7 Å². The van der Waals surface area contributed by atoms with Gasteiger partial charge >= 0.3 is 0 Å². The van der Waals surface area contributed by atoms with Gasteiger partial charge in [0, 0.05) is 49.8 Å². The van der Waals surface area contributed by atoms with Gasteiger partial charge in [0.05, 0.1) is 6.04 Å².